The number of fused-ring (bicyclic) bond motifs is 1. The van der Waals surface area contributed by atoms with E-state index in [2.05, 4.69) is 15.3 Å². The van der Waals surface area contributed by atoms with Crippen molar-refractivity contribution in [2.75, 3.05) is 23.3 Å². The van der Waals surface area contributed by atoms with Crippen LogP contribution in [-0.4, -0.2) is 29.0 Å². The van der Waals surface area contributed by atoms with Crippen LogP contribution in [0.25, 0.3) is 11.0 Å². The number of hydrogen-bond acceptors (Lipinski definition) is 5. The summed E-state index contributed by atoms with van der Waals surface area (Å²) in [5.74, 6) is -0.170. The van der Waals surface area contributed by atoms with Crippen LogP contribution in [0.4, 0.5) is 24.8 Å². The molecule has 1 saturated heterocycles. The number of thiophene rings is 1. The Kier molecular flexibility index (Phi) is 4.47. The minimum absolute atomic E-state index is 0.180. The number of anilines is 2. The Balaban J connectivity index is 1.73. The Labute approximate surface area is 156 Å². The largest absolute Gasteiger partial charge is 0.417 e. The second kappa shape index (κ2) is 6.80. The van der Waals surface area contributed by atoms with Crippen LogP contribution in [-0.2, 0) is 6.18 Å². The Morgan fingerprint density at radius 2 is 1.74 bits per heavy atom. The first-order chi connectivity index (χ1) is 12.9. The summed E-state index contributed by atoms with van der Waals surface area (Å²) in [4.78, 5) is 23.6. The molecule has 1 aliphatic heterocycles. The normalized spacial score (nSPS) is 14.7. The Hall–Kier alpha value is -2.68. The average Bonchev–Trinajstić information content (AvgIpc) is 3.32. The van der Waals surface area contributed by atoms with Crippen molar-refractivity contribution in [1.82, 2.24) is 9.97 Å². The highest BCUT2D eigenvalue weighted by Crippen LogP contribution is 2.35. The van der Waals surface area contributed by atoms with E-state index in [1.165, 1.54) is 5.38 Å². The molecule has 1 N–H and O–H groups in total. The number of alkyl halides is 3. The van der Waals surface area contributed by atoms with Gasteiger partial charge in [0.15, 0.2) is 11.6 Å². The molecule has 3 aromatic rings. The van der Waals surface area contributed by atoms with Crippen LogP contribution in [0.1, 0.15) is 28.8 Å². The first-order valence-corrected chi connectivity index (χ1v) is 9.34. The summed E-state index contributed by atoms with van der Waals surface area (Å²) in [5, 5.41) is 4.68. The Bertz CT molecular complexity index is 996. The standard InChI is InChI=1S/C18H15F3N4OS/c19-18(20,21)12-10-27-9-11(12)17(26)24-15-16(25-7-3-4-8-25)23-14-6-2-1-5-13(14)22-15/h1-2,5-6,9-10H,3-4,7-8H2,(H,22,24,26). The van der Waals surface area contributed by atoms with E-state index in [0.717, 1.165) is 42.6 Å². The molecule has 5 nitrogen and oxygen atoms in total. The minimum Gasteiger partial charge on any atom is -0.354 e. The van der Waals surface area contributed by atoms with E-state index in [9.17, 15) is 18.0 Å². The monoisotopic (exact) mass is 392 g/mol. The number of hydrogen-bond donors (Lipinski definition) is 1. The number of aromatic nitrogens is 2. The predicted octanol–water partition coefficient (Wildman–Crippen LogP) is 4.56. The Morgan fingerprint density at radius 1 is 1.07 bits per heavy atom. The van der Waals surface area contributed by atoms with Gasteiger partial charge in [0, 0.05) is 23.8 Å². The third-order valence-corrected chi connectivity index (χ3v) is 5.15. The maximum atomic E-state index is 13.1. The molecular formula is C18H15F3N4OS. The molecule has 0 spiro atoms. The smallest absolute Gasteiger partial charge is 0.354 e. The molecule has 1 aliphatic rings. The lowest BCUT2D eigenvalue weighted by Gasteiger charge is -2.20. The first-order valence-electron chi connectivity index (χ1n) is 8.40. The van der Waals surface area contributed by atoms with Gasteiger partial charge in [-0.25, -0.2) is 9.97 Å². The zero-order valence-electron chi connectivity index (χ0n) is 14.1. The van der Waals surface area contributed by atoms with Crippen LogP contribution < -0.4 is 10.2 Å². The van der Waals surface area contributed by atoms with Crippen LogP contribution in [0.15, 0.2) is 35.0 Å². The molecule has 3 heterocycles. The predicted molar refractivity (Wildman–Crippen MR) is 98.3 cm³/mol. The fourth-order valence-electron chi connectivity index (χ4n) is 3.09. The van der Waals surface area contributed by atoms with E-state index in [0.29, 0.717) is 16.9 Å². The lowest BCUT2D eigenvalue weighted by Crippen LogP contribution is -2.24. The molecule has 0 radical (unpaired) electrons. The van der Waals surface area contributed by atoms with Crippen molar-refractivity contribution >= 4 is 39.9 Å². The third-order valence-electron chi connectivity index (χ3n) is 4.40. The number of rotatable bonds is 3. The quantitative estimate of drug-likeness (QED) is 0.710. The van der Waals surface area contributed by atoms with E-state index in [-0.39, 0.29) is 5.82 Å². The van der Waals surface area contributed by atoms with Gasteiger partial charge >= 0.3 is 6.18 Å². The van der Waals surface area contributed by atoms with Gasteiger partial charge in [0.2, 0.25) is 0 Å². The summed E-state index contributed by atoms with van der Waals surface area (Å²) in [6.45, 7) is 1.53. The molecule has 0 atom stereocenters. The van der Waals surface area contributed by atoms with E-state index in [1.807, 2.05) is 17.0 Å². The van der Waals surface area contributed by atoms with Crippen molar-refractivity contribution in [3.63, 3.8) is 0 Å². The molecule has 140 valence electrons. The highest BCUT2D eigenvalue weighted by Gasteiger charge is 2.36. The van der Waals surface area contributed by atoms with Gasteiger partial charge in [-0.1, -0.05) is 12.1 Å². The number of nitrogens with one attached hydrogen (secondary N) is 1. The van der Waals surface area contributed by atoms with E-state index in [4.69, 9.17) is 0 Å². The van der Waals surface area contributed by atoms with Crippen molar-refractivity contribution < 1.29 is 18.0 Å². The molecule has 0 bridgehead atoms. The number of para-hydroxylation sites is 2. The molecule has 1 aromatic carbocycles. The second-order valence-corrected chi connectivity index (χ2v) is 6.97. The van der Waals surface area contributed by atoms with Gasteiger partial charge in [-0.15, -0.1) is 0 Å². The molecule has 1 amide bonds. The molecule has 0 saturated carbocycles. The fourth-order valence-corrected chi connectivity index (χ4v) is 3.93. The summed E-state index contributed by atoms with van der Waals surface area (Å²) in [6, 6.07) is 7.19. The number of nitrogens with zero attached hydrogens (tertiary/aromatic N) is 3. The fraction of sp³-hybridized carbons (Fsp3) is 0.278. The van der Waals surface area contributed by atoms with Gasteiger partial charge in [-0.2, -0.15) is 24.5 Å². The van der Waals surface area contributed by atoms with Gasteiger partial charge in [0.05, 0.1) is 22.2 Å². The molecule has 0 aliphatic carbocycles. The van der Waals surface area contributed by atoms with Gasteiger partial charge in [-0.05, 0) is 25.0 Å². The first kappa shape index (κ1) is 17.7. The highest BCUT2D eigenvalue weighted by molar-refractivity contribution is 7.08. The SMILES string of the molecule is O=C(Nc1nc2ccccc2nc1N1CCCC1)c1cscc1C(F)(F)F. The van der Waals surface area contributed by atoms with Gasteiger partial charge in [-0.3, -0.25) is 4.79 Å². The summed E-state index contributed by atoms with van der Waals surface area (Å²) >= 11 is 0.837. The lowest BCUT2D eigenvalue weighted by atomic mass is 10.2. The van der Waals surface area contributed by atoms with Crippen molar-refractivity contribution in [3.05, 3.63) is 46.2 Å². The van der Waals surface area contributed by atoms with Gasteiger partial charge < -0.3 is 10.2 Å². The summed E-state index contributed by atoms with van der Waals surface area (Å²) in [7, 11) is 0. The molecule has 9 heteroatoms. The topological polar surface area (TPSA) is 58.1 Å². The lowest BCUT2D eigenvalue weighted by molar-refractivity contribution is -0.137. The number of benzene rings is 1. The van der Waals surface area contributed by atoms with Crippen LogP contribution >= 0.6 is 11.3 Å². The molecule has 27 heavy (non-hydrogen) atoms. The summed E-state index contributed by atoms with van der Waals surface area (Å²) in [5.41, 5.74) is -0.114. The molecule has 2 aromatic heterocycles. The van der Waals surface area contributed by atoms with Crippen LogP contribution in [0.2, 0.25) is 0 Å². The van der Waals surface area contributed by atoms with Gasteiger partial charge in [0.25, 0.3) is 5.91 Å². The van der Waals surface area contributed by atoms with Gasteiger partial charge in [0.1, 0.15) is 0 Å². The Morgan fingerprint density at radius 3 is 2.41 bits per heavy atom. The van der Waals surface area contributed by atoms with Crippen molar-refractivity contribution in [2.45, 2.75) is 19.0 Å². The maximum absolute atomic E-state index is 13.1. The number of amides is 1. The molecule has 4 rings (SSSR count). The molecule has 0 unspecified atom stereocenters. The van der Waals surface area contributed by atoms with Crippen molar-refractivity contribution in [2.24, 2.45) is 0 Å². The number of carbonyl (C=O) groups excluding carboxylic acids is 1. The van der Waals surface area contributed by atoms with E-state index in [1.54, 1.807) is 12.1 Å². The number of carbonyl (C=O) groups is 1. The van der Waals surface area contributed by atoms with Crippen molar-refractivity contribution in [1.29, 1.82) is 0 Å². The minimum atomic E-state index is -4.58. The molecular weight excluding hydrogens is 377 g/mol. The number of halogens is 3. The maximum Gasteiger partial charge on any atom is 0.417 e. The zero-order chi connectivity index (χ0) is 19.0. The van der Waals surface area contributed by atoms with Crippen LogP contribution in [0, 0.1) is 0 Å². The van der Waals surface area contributed by atoms with E-state index < -0.39 is 23.2 Å². The third kappa shape index (κ3) is 3.46. The van der Waals surface area contributed by atoms with Crippen molar-refractivity contribution in [3.8, 4) is 0 Å². The second-order valence-electron chi connectivity index (χ2n) is 6.23. The van der Waals surface area contributed by atoms with Crippen LogP contribution in [0.3, 0.4) is 0 Å². The average molecular weight is 392 g/mol. The summed E-state index contributed by atoms with van der Waals surface area (Å²) in [6.07, 6.45) is -2.60. The van der Waals surface area contributed by atoms with E-state index >= 15 is 0 Å². The summed E-state index contributed by atoms with van der Waals surface area (Å²) < 4.78 is 39.3. The zero-order valence-corrected chi connectivity index (χ0v) is 14.9. The highest BCUT2D eigenvalue weighted by atomic mass is 32.1. The molecule has 1 fully saturated rings. The van der Waals surface area contributed by atoms with Crippen LogP contribution in [0.5, 0.6) is 0 Å².